The van der Waals surface area contributed by atoms with E-state index in [9.17, 15) is 10.2 Å². The lowest BCUT2D eigenvalue weighted by molar-refractivity contribution is 0.167. The van der Waals surface area contributed by atoms with Crippen molar-refractivity contribution in [3.63, 3.8) is 0 Å². The molecule has 0 saturated carbocycles. The van der Waals surface area contributed by atoms with E-state index in [1.165, 1.54) is 17.3 Å². The van der Waals surface area contributed by atoms with Gasteiger partial charge in [0.15, 0.2) is 10.6 Å². The third-order valence-electron chi connectivity index (χ3n) is 5.86. The van der Waals surface area contributed by atoms with Crippen LogP contribution >= 0.6 is 12.2 Å². The van der Waals surface area contributed by atoms with Gasteiger partial charge in [0.05, 0.1) is 17.4 Å². The Labute approximate surface area is 168 Å². The minimum atomic E-state index is -0.699. The van der Waals surface area contributed by atoms with E-state index in [2.05, 4.69) is 47.8 Å². The summed E-state index contributed by atoms with van der Waals surface area (Å²) in [5.74, 6) is 0.472. The van der Waals surface area contributed by atoms with Crippen LogP contribution in [0.15, 0.2) is 36.1 Å². The van der Waals surface area contributed by atoms with Crippen LogP contribution in [0.25, 0.3) is 22.2 Å². The molecule has 2 atom stereocenters. The number of rotatable bonds is 3. The van der Waals surface area contributed by atoms with Gasteiger partial charge >= 0.3 is 0 Å². The molecule has 1 aliphatic rings. The molecule has 0 spiro atoms. The molecule has 1 aromatic carbocycles. The highest BCUT2D eigenvalue weighted by molar-refractivity contribution is 7.71. The molecule has 7 heteroatoms. The van der Waals surface area contributed by atoms with Crippen molar-refractivity contribution in [2.24, 2.45) is 13.0 Å². The van der Waals surface area contributed by atoms with E-state index in [1.807, 2.05) is 23.6 Å². The van der Waals surface area contributed by atoms with Gasteiger partial charge in [0, 0.05) is 29.6 Å². The molecule has 2 aromatic heterocycles. The van der Waals surface area contributed by atoms with Crippen LogP contribution in [0.5, 0.6) is 0 Å². The first-order valence-electron chi connectivity index (χ1n) is 9.38. The quantitative estimate of drug-likeness (QED) is 0.578. The predicted molar refractivity (Wildman–Crippen MR) is 113 cm³/mol. The summed E-state index contributed by atoms with van der Waals surface area (Å²) in [7, 11) is 2.06. The molecule has 3 N–H and O–H groups in total. The molecule has 28 heavy (non-hydrogen) atoms. The zero-order valence-corrected chi connectivity index (χ0v) is 17.2. The van der Waals surface area contributed by atoms with Crippen molar-refractivity contribution in [3.05, 3.63) is 58.0 Å². The highest BCUT2D eigenvalue weighted by Gasteiger charge is 2.26. The molecule has 2 heterocycles. The molecule has 6 nitrogen and oxygen atoms in total. The van der Waals surface area contributed by atoms with Crippen LogP contribution in [0, 0.1) is 24.5 Å². The molecule has 0 radical (unpaired) electrons. The monoisotopic (exact) mass is 396 g/mol. The third-order valence-corrected chi connectivity index (χ3v) is 6.13. The molecule has 0 fully saturated rings. The topological polar surface area (TPSA) is 79.0 Å². The minimum Gasteiger partial charge on any atom is -0.507 e. The van der Waals surface area contributed by atoms with Gasteiger partial charge in [-0.1, -0.05) is 13.0 Å². The Kier molecular flexibility index (Phi) is 4.51. The molecule has 1 aliphatic carbocycles. The molecule has 0 bridgehead atoms. The van der Waals surface area contributed by atoms with Gasteiger partial charge < -0.3 is 14.8 Å². The smallest absolute Gasteiger partial charge is 0.200 e. The molecule has 0 saturated heterocycles. The van der Waals surface area contributed by atoms with E-state index in [0.29, 0.717) is 16.2 Å². The highest BCUT2D eigenvalue weighted by Crippen LogP contribution is 2.32. The largest absolute Gasteiger partial charge is 0.507 e. The SMILES string of the molecule is CCC1C=C(c2n[nH]c(=S)n2-c2ccc3c(c2)c(C)c(C)n3C)C(O)=CC1O. The fourth-order valence-corrected chi connectivity index (χ4v) is 4.16. The van der Waals surface area contributed by atoms with Gasteiger partial charge in [-0.15, -0.1) is 0 Å². The fourth-order valence-electron chi connectivity index (χ4n) is 3.92. The zero-order chi connectivity index (χ0) is 20.2. The minimum absolute atomic E-state index is 0.0141. The summed E-state index contributed by atoms with van der Waals surface area (Å²) in [5, 5.41) is 29.0. The second-order valence-corrected chi connectivity index (χ2v) is 7.74. The van der Waals surface area contributed by atoms with Crippen molar-refractivity contribution in [1.29, 1.82) is 0 Å². The third kappa shape index (κ3) is 2.73. The second kappa shape index (κ2) is 6.76. The van der Waals surface area contributed by atoms with E-state index < -0.39 is 6.10 Å². The Morgan fingerprint density at radius 3 is 2.71 bits per heavy atom. The van der Waals surface area contributed by atoms with Crippen molar-refractivity contribution < 1.29 is 10.2 Å². The van der Waals surface area contributed by atoms with Gasteiger partial charge in [0.1, 0.15) is 5.76 Å². The number of allylic oxidation sites excluding steroid dienone is 1. The van der Waals surface area contributed by atoms with Crippen LogP contribution in [0.1, 0.15) is 30.4 Å². The number of benzene rings is 1. The number of nitrogens with zero attached hydrogens (tertiary/aromatic N) is 3. The fraction of sp³-hybridized carbons (Fsp3) is 0.333. The van der Waals surface area contributed by atoms with Crippen molar-refractivity contribution in [1.82, 2.24) is 19.3 Å². The molecule has 0 aliphatic heterocycles. The molecule has 146 valence electrons. The zero-order valence-electron chi connectivity index (χ0n) is 16.4. The molecular formula is C21H24N4O2S. The van der Waals surface area contributed by atoms with Gasteiger partial charge in [0.25, 0.3) is 0 Å². The summed E-state index contributed by atoms with van der Waals surface area (Å²) < 4.78 is 4.46. The number of aryl methyl sites for hydroxylation is 2. The predicted octanol–water partition coefficient (Wildman–Crippen LogP) is 4.26. The Balaban J connectivity index is 1.91. The maximum Gasteiger partial charge on any atom is 0.200 e. The van der Waals surface area contributed by atoms with Gasteiger partial charge in [-0.3, -0.25) is 9.67 Å². The first kappa shape index (κ1) is 18.7. The lowest BCUT2D eigenvalue weighted by atomic mass is 9.90. The van der Waals surface area contributed by atoms with Crippen molar-refractivity contribution in [3.8, 4) is 5.69 Å². The number of aromatic nitrogens is 4. The normalized spacial score (nSPS) is 19.8. The molecule has 0 amide bonds. The van der Waals surface area contributed by atoms with Crippen molar-refractivity contribution >= 4 is 28.7 Å². The number of hydrogen-bond donors (Lipinski definition) is 3. The summed E-state index contributed by atoms with van der Waals surface area (Å²) in [6.45, 7) is 6.22. The first-order chi connectivity index (χ1) is 13.3. The average molecular weight is 397 g/mol. The Hall–Kier alpha value is -2.64. The van der Waals surface area contributed by atoms with Gasteiger partial charge in [-0.25, -0.2) is 0 Å². The summed E-state index contributed by atoms with van der Waals surface area (Å²) in [6, 6.07) is 6.18. The maximum absolute atomic E-state index is 10.5. The van der Waals surface area contributed by atoms with E-state index >= 15 is 0 Å². The molecular weight excluding hydrogens is 372 g/mol. The van der Waals surface area contributed by atoms with Crippen LogP contribution < -0.4 is 0 Å². The van der Waals surface area contributed by atoms with E-state index in [4.69, 9.17) is 12.2 Å². The molecule has 2 unspecified atom stereocenters. The summed E-state index contributed by atoms with van der Waals surface area (Å²) in [4.78, 5) is 0. The van der Waals surface area contributed by atoms with Crippen LogP contribution in [0.2, 0.25) is 0 Å². The molecule has 3 aromatic rings. The number of aromatic amines is 1. The van der Waals surface area contributed by atoms with Crippen LogP contribution in [-0.2, 0) is 7.05 Å². The summed E-state index contributed by atoms with van der Waals surface area (Å²) in [5.41, 5.74) is 5.06. The highest BCUT2D eigenvalue weighted by atomic mass is 32.1. The Morgan fingerprint density at radius 2 is 2.00 bits per heavy atom. The number of aliphatic hydroxyl groups is 2. The second-order valence-electron chi connectivity index (χ2n) is 7.35. The van der Waals surface area contributed by atoms with Crippen LogP contribution in [0.3, 0.4) is 0 Å². The molecule has 4 rings (SSSR count). The summed E-state index contributed by atoms with van der Waals surface area (Å²) >= 11 is 5.49. The Bertz CT molecular complexity index is 1200. The van der Waals surface area contributed by atoms with Gasteiger partial charge in [-0.2, -0.15) is 5.10 Å². The van der Waals surface area contributed by atoms with E-state index in [-0.39, 0.29) is 11.7 Å². The number of hydrogen-bond acceptors (Lipinski definition) is 4. The van der Waals surface area contributed by atoms with Crippen molar-refractivity contribution in [2.75, 3.05) is 0 Å². The average Bonchev–Trinajstić information content (AvgIpc) is 3.15. The lowest BCUT2D eigenvalue weighted by Gasteiger charge is -2.22. The maximum atomic E-state index is 10.5. The number of aliphatic hydroxyl groups excluding tert-OH is 2. The Morgan fingerprint density at radius 1 is 1.25 bits per heavy atom. The van der Waals surface area contributed by atoms with E-state index in [1.54, 1.807) is 0 Å². The lowest BCUT2D eigenvalue weighted by Crippen LogP contribution is -2.21. The van der Waals surface area contributed by atoms with Gasteiger partial charge in [0.2, 0.25) is 0 Å². The first-order valence-corrected chi connectivity index (χ1v) is 9.79. The van der Waals surface area contributed by atoms with Gasteiger partial charge in [-0.05, 0) is 62.3 Å². The van der Waals surface area contributed by atoms with E-state index in [0.717, 1.165) is 23.0 Å². The number of fused-ring (bicyclic) bond motifs is 1. The van der Waals surface area contributed by atoms with Crippen LogP contribution in [0.4, 0.5) is 0 Å². The van der Waals surface area contributed by atoms with Crippen molar-refractivity contribution in [2.45, 2.75) is 33.3 Å². The number of H-pyrrole nitrogens is 1. The number of nitrogens with one attached hydrogen (secondary N) is 1. The standard InChI is InChI=1S/C21H24N4O2S/c1-5-13-8-16(19(27)10-18(13)26)20-22-23-21(28)25(20)14-6-7-17-15(9-14)11(2)12(3)24(17)4/h6-10,13,18,26-27H,5H2,1-4H3,(H,23,28). The van der Waals surface area contributed by atoms with Crippen LogP contribution in [-0.4, -0.2) is 35.6 Å². The summed E-state index contributed by atoms with van der Waals surface area (Å²) in [6.07, 6.45) is 3.40.